The maximum Gasteiger partial charge on any atom is 0.336 e. The van der Waals surface area contributed by atoms with Gasteiger partial charge in [0.1, 0.15) is 18.3 Å². The van der Waals surface area contributed by atoms with Crippen LogP contribution >= 0.6 is 0 Å². The molecule has 7 nitrogen and oxygen atoms in total. The second kappa shape index (κ2) is 10.3. The van der Waals surface area contributed by atoms with Crippen LogP contribution in [0.5, 0.6) is 0 Å². The van der Waals surface area contributed by atoms with Crippen LogP contribution < -0.4 is 5.32 Å². The molecule has 1 aromatic carbocycles. The maximum atomic E-state index is 15.0. The fourth-order valence-electron chi connectivity index (χ4n) is 4.47. The zero-order valence-electron chi connectivity index (χ0n) is 19.6. The van der Waals surface area contributed by atoms with Crippen LogP contribution in [0.3, 0.4) is 0 Å². The van der Waals surface area contributed by atoms with E-state index >= 15 is 0 Å². The lowest BCUT2D eigenvalue weighted by molar-refractivity contribution is -0.151. The molecule has 0 bridgehead atoms. The SMILES string of the molecule is COC(=O)[C@H]1C(=O)C2=C(C[C@@H]1C)NC(C)=C(C(=O)OCCOC(C)C)[C@@H]2c1ccccc1F. The van der Waals surface area contributed by atoms with Gasteiger partial charge in [0.25, 0.3) is 0 Å². The number of nitrogens with one attached hydrogen (secondary N) is 1. The molecule has 0 amide bonds. The average molecular weight is 460 g/mol. The number of rotatable bonds is 7. The van der Waals surface area contributed by atoms with E-state index in [2.05, 4.69) is 5.32 Å². The lowest BCUT2D eigenvalue weighted by atomic mass is 9.69. The van der Waals surface area contributed by atoms with Crippen LogP contribution in [0.1, 0.15) is 45.6 Å². The number of hydrogen-bond donors (Lipinski definition) is 1. The minimum Gasteiger partial charge on any atom is -0.468 e. The molecule has 33 heavy (non-hydrogen) atoms. The van der Waals surface area contributed by atoms with Crippen molar-refractivity contribution in [1.29, 1.82) is 0 Å². The summed E-state index contributed by atoms with van der Waals surface area (Å²) < 4.78 is 30.7. The zero-order valence-corrected chi connectivity index (χ0v) is 19.6. The van der Waals surface area contributed by atoms with Crippen molar-refractivity contribution >= 4 is 17.7 Å². The molecule has 1 aromatic rings. The molecule has 0 fully saturated rings. The van der Waals surface area contributed by atoms with Crippen LogP contribution in [0.25, 0.3) is 0 Å². The monoisotopic (exact) mass is 459 g/mol. The largest absolute Gasteiger partial charge is 0.468 e. The van der Waals surface area contributed by atoms with Gasteiger partial charge >= 0.3 is 11.9 Å². The van der Waals surface area contributed by atoms with Gasteiger partial charge in [0.2, 0.25) is 0 Å². The smallest absolute Gasteiger partial charge is 0.336 e. The first-order valence-electron chi connectivity index (χ1n) is 11.0. The van der Waals surface area contributed by atoms with Gasteiger partial charge < -0.3 is 19.5 Å². The summed E-state index contributed by atoms with van der Waals surface area (Å²) in [6.07, 6.45) is 0.366. The van der Waals surface area contributed by atoms with E-state index in [1.807, 2.05) is 13.8 Å². The molecule has 3 atom stereocenters. The van der Waals surface area contributed by atoms with Crippen molar-refractivity contribution in [3.05, 3.63) is 58.2 Å². The summed E-state index contributed by atoms with van der Waals surface area (Å²) in [5.41, 5.74) is 1.56. The summed E-state index contributed by atoms with van der Waals surface area (Å²) in [7, 11) is 1.23. The van der Waals surface area contributed by atoms with Crippen LogP contribution in [0.2, 0.25) is 0 Å². The highest BCUT2D eigenvalue weighted by Gasteiger charge is 2.47. The number of hydrogen-bond acceptors (Lipinski definition) is 7. The number of halogens is 1. The van der Waals surface area contributed by atoms with Crippen LogP contribution in [0.15, 0.2) is 46.8 Å². The molecule has 0 spiro atoms. The summed E-state index contributed by atoms with van der Waals surface area (Å²) >= 11 is 0. The van der Waals surface area contributed by atoms with Gasteiger partial charge in [0, 0.05) is 22.5 Å². The van der Waals surface area contributed by atoms with E-state index in [4.69, 9.17) is 14.2 Å². The average Bonchev–Trinajstić information content (AvgIpc) is 2.75. The Morgan fingerprint density at radius 2 is 1.91 bits per heavy atom. The summed E-state index contributed by atoms with van der Waals surface area (Å²) in [6, 6.07) is 6.00. The number of esters is 2. The van der Waals surface area contributed by atoms with Crippen molar-refractivity contribution in [2.75, 3.05) is 20.3 Å². The lowest BCUT2D eigenvalue weighted by Crippen LogP contribution is -2.43. The van der Waals surface area contributed by atoms with E-state index in [1.165, 1.54) is 25.3 Å². The minimum atomic E-state index is -1.03. The third kappa shape index (κ3) is 5.00. The van der Waals surface area contributed by atoms with E-state index in [0.29, 0.717) is 17.8 Å². The number of dihydropyridines is 1. The first kappa shape index (κ1) is 24.6. The Bertz CT molecular complexity index is 1010. The molecule has 0 saturated carbocycles. The highest BCUT2D eigenvalue weighted by molar-refractivity contribution is 6.12. The van der Waals surface area contributed by atoms with Crippen LogP contribution in [0.4, 0.5) is 4.39 Å². The normalized spacial score (nSPS) is 22.8. The van der Waals surface area contributed by atoms with Gasteiger partial charge in [-0.05, 0) is 39.2 Å². The first-order valence-corrected chi connectivity index (χ1v) is 11.0. The Hall–Kier alpha value is -3.00. The molecule has 2 aliphatic rings. The van der Waals surface area contributed by atoms with Gasteiger partial charge in [-0.1, -0.05) is 25.1 Å². The molecule has 0 unspecified atom stereocenters. The third-order valence-corrected chi connectivity index (χ3v) is 5.95. The topological polar surface area (TPSA) is 90.9 Å². The molecular weight excluding hydrogens is 429 g/mol. The highest BCUT2D eigenvalue weighted by Crippen LogP contribution is 2.46. The Morgan fingerprint density at radius 1 is 1.21 bits per heavy atom. The third-order valence-electron chi connectivity index (χ3n) is 5.95. The van der Waals surface area contributed by atoms with Gasteiger partial charge in [0.05, 0.1) is 31.3 Å². The number of ketones is 1. The number of allylic oxidation sites excluding steroid dienone is 3. The number of carbonyl (C=O) groups is 3. The lowest BCUT2D eigenvalue weighted by Gasteiger charge is -2.38. The second-order valence-electron chi connectivity index (χ2n) is 8.61. The van der Waals surface area contributed by atoms with Crippen LogP contribution in [0, 0.1) is 17.7 Å². The van der Waals surface area contributed by atoms with Crippen molar-refractivity contribution in [3.8, 4) is 0 Å². The Labute approximate surface area is 193 Å². The molecule has 1 heterocycles. The van der Waals surface area contributed by atoms with E-state index in [9.17, 15) is 18.8 Å². The van der Waals surface area contributed by atoms with Gasteiger partial charge in [-0.2, -0.15) is 0 Å². The number of Topliss-reactive ketones (excluding diaryl/α,β-unsaturated/α-hetero) is 1. The Morgan fingerprint density at radius 3 is 2.55 bits per heavy atom. The van der Waals surface area contributed by atoms with E-state index in [1.54, 1.807) is 19.9 Å². The fraction of sp³-hybridized carbons (Fsp3) is 0.480. The van der Waals surface area contributed by atoms with Gasteiger partial charge in [-0.25, -0.2) is 9.18 Å². The van der Waals surface area contributed by atoms with Crippen molar-refractivity contribution < 1.29 is 33.0 Å². The van der Waals surface area contributed by atoms with E-state index in [-0.39, 0.29) is 41.9 Å². The van der Waals surface area contributed by atoms with Gasteiger partial charge in [-0.3, -0.25) is 9.59 Å². The van der Waals surface area contributed by atoms with Gasteiger partial charge in [-0.15, -0.1) is 0 Å². The Balaban J connectivity index is 2.05. The molecule has 1 aliphatic heterocycles. The number of carbonyl (C=O) groups excluding carboxylic acids is 3. The predicted molar refractivity (Wildman–Crippen MR) is 118 cm³/mol. The first-order chi connectivity index (χ1) is 15.7. The number of ether oxygens (including phenoxy) is 3. The van der Waals surface area contributed by atoms with Gasteiger partial charge in [0.15, 0.2) is 5.78 Å². The molecular formula is C25H30FNO6. The van der Waals surface area contributed by atoms with Crippen molar-refractivity contribution in [2.24, 2.45) is 11.8 Å². The molecule has 8 heteroatoms. The van der Waals surface area contributed by atoms with E-state index in [0.717, 1.165) is 0 Å². The molecule has 0 aromatic heterocycles. The molecule has 1 N–H and O–H groups in total. The van der Waals surface area contributed by atoms with Crippen molar-refractivity contribution in [1.82, 2.24) is 5.32 Å². The van der Waals surface area contributed by atoms with Crippen LogP contribution in [-0.2, 0) is 28.6 Å². The standard InChI is InChI=1S/C25H30FNO6/c1-13(2)32-10-11-33-25(30)20-15(4)27-18-12-14(3)19(24(29)31-5)23(28)22(18)21(20)16-8-6-7-9-17(16)26/h6-9,13-14,19,21,27H,10-12H2,1-5H3/t14-,19+,21-/m0/s1. The number of benzene rings is 1. The summed E-state index contributed by atoms with van der Waals surface area (Å²) in [6.45, 7) is 7.45. The second-order valence-corrected chi connectivity index (χ2v) is 8.61. The fourth-order valence-corrected chi connectivity index (χ4v) is 4.47. The maximum absolute atomic E-state index is 15.0. The van der Waals surface area contributed by atoms with E-state index < -0.39 is 35.4 Å². The summed E-state index contributed by atoms with van der Waals surface area (Å²) in [5, 5.41) is 3.15. The quantitative estimate of drug-likeness (QED) is 0.380. The Kier molecular flexibility index (Phi) is 7.68. The summed E-state index contributed by atoms with van der Waals surface area (Å²) in [4.78, 5) is 39.1. The molecule has 178 valence electrons. The van der Waals surface area contributed by atoms with Crippen LogP contribution in [-0.4, -0.2) is 44.1 Å². The number of methoxy groups -OCH3 is 1. The minimum absolute atomic E-state index is 0.0133. The molecule has 0 radical (unpaired) electrons. The molecule has 3 rings (SSSR count). The molecule has 1 aliphatic carbocycles. The summed E-state index contributed by atoms with van der Waals surface area (Å²) in [5.74, 6) is -4.70. The van der Waals surface area contributed by atoms with Crippen molar-refractivity contribution in [3.63, 3.8) is 0 Å². The zero-order chi connectivity index (χ0) is 24.3. The highest BCUT2D eigenvalue weighted by atomic mass is 19.1. The predicted octanol–water partition coefficient (Wildman–Crippen LogP) is 3.41. The molecule has 0 saturated heterocycles. The van der Waals surface area contributed by atoms with Crippen molar-refractivity contribution in [2.45, 2.75) is 46.1 Å².